The van der Waals surface area contributed by atoms with E-state index in [-0.39, 0.29) is 96.3 Å². The highest BCUT2D eigenvalue weighted by Gasteiger charge is 2.32. The molecule has 0 spiro atoms. The van der Waals surface area contributed by atoms with Crippen molar-refractivity contribution >= 4 is 64.1 Å². The Morgan fingerprint density at radius 3 is 1.22 bits per heavy atom. The lowest BCUT2D eigenvalue weighted by Crippen LogP contribution is -2.53. The van der Waals surface area contributed by atoms with Gasteiger partial charge in [-0.25, -0.2) is 0 Å². The number of nitrogens with one attached hydrogen (secondary N) is 2. The minimum absolute atomic E-state index is 0.0286. The average Bonchev–Trinajstić information content (AvgIpc) is 3.61. The lowest BCUT2D eigenvalue weighted by atomic mass is 10.1. The zero-order valence-corrected chi connectivity index (χ0v) is 52.4. The number of aromatic nitrogens is 1. The second-order valence-corrected chi connectivity index (χ2v) is 23.0. The first-order valence-corrected chi connectivity index (χ1v) is 31.0. The monoisotopic (exact) mass is 1220 g/mol. The predicted molar refractivity (Wildman–Crippen MR) is 335 cm³/mol. The third-order valence-electron chi connectivity index (χ3n) is 14.5. The van der Waals surface area contributed by atoms with Crippen molar-refractivity contribution < 1.29 is 47.6 Å². The van der Waals surface area contributed by atoms with Gasteiger partial charge in [0.15, 0.2) is 0 Å². The molecule has 0 aliphatic rings. The highest BCUT2D eigenvalue weighted by molar-refractivity contribution is 5.94. The topological polar surface area (TPSA) is 377 Å². The summed E-state index contributed by atoms with van der Waals surface area (Å²) in [5.41, 5.74) is 36.7. The predicted octanol–water partition coefficient (Wildman–Crippen LogP) is 0.214. The number of furan rings is 1. The number of amides is 9. The number of unbranched alkanes of at least 4 members (excludes halogenated alkanes) is 5. The molecule has 0 atom stereocenters. The van der Waals surface area contributed by atoms with Gasteiger partial charge in [0, 0.05) is 62.9 Å². The van der Waals surface area contributed by atoms with E-state index in [1.807, 2.05) is 58.2 Å². The summed E-state index contributed by atoms with van der Waals surface area (Å²) in [5.74, 6) is -4.58. The highest BCUT2D eigenvalue weighted by Crippen LogP contribution is 2.18. The van der Waals surface area contributed by atoms with Gasteiger partial charge in [-0.2, -0.15) is 0 Å². The first-order chi connectivity index (χ1) is 41.7. The number of nitrogens with zero attached hydrogens (tertiary/aromatic N) is 8. The van der Waals surface area contributed by atoms with Crippen molar-refractivity contribution in [3.8, 4) is 0 Å². The van der Waals surface area contributed by atoms with E-state index in [0.29, 0.717) is 116 Å². The second kappa shape index (κ2) is 42.0. The molecule has 0 fully saturated rings. The van der Waals surface area contributed by atoms with E-state index in [4.69, 9.17) is 38.8 Å². The molecule has 0 unspecified atom stereocenters. The lowest BCUT2D eigenvalue weighted by Gasteiger charge is -2.33. The van der Waals surface area contributed by atoms with Crippen molar-refractivity contribution in [1.29, 1.82) is 0 Å². The fourth-order valence-electron chi connectivity index (χ4n) is 9.81. The fraction of sp³-hybridized carbons (Fsp3) is 0.656. The number of H-pyrrole nitrogens is 1. The van der Waals surface area contributed by atoms with Crippen molar-refractivity contribution in [2.75, 3.05) is 144 Å². The van der Waals surface area contributed by atoms with Gasteiger partial charge in [-0.1, -0.05) is 45.9 Å². The lowest BCUT2D eigenvalue weighted by molar-refractivity contribution is -0.149. The summed E-state index contributed by atoms with van der Waals surface area (Å²) in [5, 5.41) is 4.33. The Morgan fingerprint density at radius 1 is 0.460 bits per heavy atom. The molecule has 0 aliphatic heterocycles. The van der Waals surface area contributed by atoms with E-state index in [1.165, 1.54) is 45.5 Å². The quantitative estimate of drug-likeness (QED) is 0.0351. The maximum Gasteiger partial charge on any atom is 0.243 e. The first kappa shape index (κ1) is 74.3. The van der Waals surface area contributed by atoms with Crippen LogP contribution in [0.1, 0.15) is 103 Å². The van der Waals surface area contributed by atoms with Gasteiger partial charge in [0.25, 0.3) is 0 Å². The molecule has 2 aromatic heterocycles. The van der Waals surface area contributed by atoms with Crippen molar-refractivity contribution in [2.45, 2.75) is 105 Å². The molecule has 87 heavy (non-hydrogen) atoms. The molecule has 0 bridgehead atoms. The van der Waals surface area contributed by atoms with E-state index in [1.54, 1.807) is 12.1 Å². The molecule has 0 saturated carbocycles. The molecule has 26 nitrogen and oxygen atoms in total. The Kier molecular flexibility index (Phi) is 35.9. The number of hydrogen-bond donors (Lipinski definition) is 8. The van der Waals surface area contributed by atoms with Crippen LogP contribution in [0.5, 0.6) is 0 Å². The third-order valence-corrected chi connectivity index (χ3v) is 14.5. The van der Waals surface area contributed by atoms with Gasteiger partial charge in [0.05, 0.1) is 65.2 Å². The van der Waals surface area contributed by atoms with Gasteiger partial charge in [-0.05, 0) is 145 Å². The van der Waals surface area contributed by atoms with E-state index in [0.717, 1.165) is 16.5 Å². The van der Waals surface area contributed by atoms with E-state index in [2.05, 4.69) is 10.3 Å². The Balaban J connectivity index is 1.86. The minimum Gasteiger partial charge on any atom is -0.467 e. The molecule has 3 aromatic rings. The Labute approximate surface area is 514 Å². The highest BCUT2D eigenvalue weighted by atomic mass is 16.3. The van der Waals surface area contributed by atoms with Crippen LogP contribution in [0.15, 0.2) is 53.3 Å². The summed E-state index contributed by atoms with van der Waals surface area (Å²) >= 11 is 0. The van der Waals surface area contributed by atoms with Crippen LogP contribution in [-0.2, 0) is 56.1 Å². The molecule has 14 N–H and O–H groups in total. The third kappa shape index (κ3) is 28.6. The molecule has 488 valence electrons. The van der Waals surface area contributed by atoms with Crippen molar-refractivity contribution in [2.24, 2.45) is 46.2 Å². The number of carbonyl (C=O) groups is 9. The Morgan fingerprint density at radius 2 is 0.828 bits per heavy atom. The SMILES string of the molecule is CC(C)CN(CC(=O)N(CCCCN)CC(=O)N(CCCCN)CC(N)=O)C(=O)CN(CCCCN)C(=O)CN(CC(C)C)C(=O)CN(CCCCN)C(=O)CN(Cc1ccco1)C(=O)CN(CCCCN)C(=O)CNCCc1c[nH]c2ccccc12. The minimum atomic E-state index is -0.708. The van der Waals surface area contributed by atoms with Crippen molar-refractivity contribution in [3.63, 3.8) is 0 Å². The molecule has 0 aliphatic carbocycles. The smallest absolute Gasteiger partial charge is 0.243 e. The van der Waals surface area contributed by atoms with Crippen LogP contribution in [-0.4, -0.2) is 241 Å². The fourth-order valence-corrected chi connectivity index (χ4v) is 9.81. The van der Waals surface area contributed by atoms with Gasteiger partial charge in [0.2, 0.25) is 53.2 Å². The molecular formula is C61H104N16O10. The van der Waals surface area contributed by atoms with Gasteiger partial charge in [-0.3, -0.25) is 43.2 Å². The maximum absolute atomic E-state index is 14.7. The van der Waals surface area contributed by atoms with Crippen LogP contribution < -0.4 is 39.7 Å². The number of rotatable bonds is 47. The number of aromatic amines is 1. The Bertz CT molecular complexity index is 2540. The molecular weight excluding hydrogens is 1120 g/mol. The first-order valence-electron chi connectivity index (χ1n) is 31.0. The number of hydrogen-bond acceptors (Lipinski definition) is 16. The summed E-state index contributed by atoms with van der Waals surface area (Å²) < 4.78 is 5.63. The number of fused-ring (bicyclic) bond motifs is 1. The molecule has 0 radical (unpaired) electrons. The van der Waals surface area contributed by atoms with Crippen LogP contribution in [0, 0.1) is 11.8 Å². The van der Waals surface area contributed by atoms with Crippen LogP contribution >= 0.6 is 0 Å². The number of nitrogens with two attached hydrogens (primary N) is 6. The standard InChI is InChI=1S/C61H104N16O10/c1-47(2)36-75(44-56(81)72(30-14-9-24-64)40-55(80)70(39-53(67)78)28-12-7-22-62)59(84)42-73(31-15-10-25-65)57(82)45-76(37-48(3)4)60(85)43-74(32-16-11-26-66)58(83)46-77(38-50-18-17-33-87-50)61(86)41-71(29-13-8-23-63)54(79)35-68-27-21-49-34-69-52-20-6-5-19-51(49)52/h5-6,17-20,33-34,47-48,68-69H,7-16,21-32,35-46,62-66H2,1-4H3,(H2,67,78). The number of carbonyl (C=O) groups excluding carboxylic acids is 9. The van der Waals surface area contributed by atoms with Crippen LogP contribution in [0.25, 0.3) is 10.9 Å². The van der Waals surface area contributed by atoms with Crippen LogP contribution in [0.3, 0.4) is 0 Å². The zero-order chi connectivity index (χ0) is 64.1. The molecule has 3 rings (SSSR count). The number of para-hydroxylation sites is 1. The van der Waals surface area contributed by atoms with Crippen LogP contribution in [0.2, 0.25) is 0 Å². The summed E-state index contributed by atoms with van der Waals surface area (Å²) in [4.78, 5) is 141. The molecule has 1 aromatic carbocycles. The largest absolute Gasteiger partial charge is 0.467 e. The van der Waals surface area contributed by atoms with Crippen LogP contribution in [0.4, 0.5) is 0 Å². The van der Waals surface area contributed by atoms with Gasteiger partial charge < -0.3 is 88.3 Å². The zero-order valence-electron chi connectivity index (χ0n) is 52.4. The summed E-state index contributed by atoms with van der Waals surface area (Å²) in [6.45, 7) is 7.51. The van der Waals surface area contributed by atoms with Gasteiger partial charge >= 0.3 is 0 Å². The molecule has 2 heterocycles. The van der Waals surface area contributed by atoms with E-state index >= 15 is 0 Å². The summed E-state index contributed by atoms with van der Waals surface area (Å²) in [7, 11) is 0. The van der Waals surface area contributed by atoms with Gasteiger partial charge in [-0.15, -0.1) is 0 Å². The Hall–Kier alpha value is -6.97. The van der Waals surface area contributed by atoms with Gasteiger partial charge in [0.1, 0.15) is 12.3 Å². The number of benzene rings is 1. The van der Waals surface area contributed by atoms with E-state index in [9.17, 15) is 43.2 Å². The molecule has 26 heteroatoms. The van der Waals surface area contributed by atoms with Crippen molar-refractivity contribution in [1.82, 2.24) is 49.5 Å². The van der Waals surface area contributed by atoms with E-state index < -0.39 is 80.0 Å². The normalized spacial score (nSPS) is 11.3. The summed E-state index contributed by atoms with van der Waals surface area (Å²) in [6, 6.07) is 11.3. The van der Waals surface area contributed by atoms with Crippen molar-refractivity contribution in [3.05, 3.63) is 60.2 Å². The summed E-state index contributed by atoms with van der Waals surface area (Å²) in [6.07, 6.45) is 9.32. The maximum atomic E-state index is 14.7. The number of primary amides is 1. The molecule has 0 saturated heterocycles. The average molecular weight is 1220 g/mol. The molecule has 9 amide bonds. The second-order valence-electron chi connectivity index (χ2n) is 23.0.